The molecule has 0 unspecified atom stereocenters. The summed E-state index contributed by atoms with van der Waals surface area (Å²) in [5, 5.41) is 1.68. The van der Waals surface area contributed by atoms with Crippen LogP contribution in [0.25, 0.3) is 16.9 Å². The molecule has 0 spiro atoms. The average Bonchev–Trinajstić information content (AvgIpc) is 3.10. The number of hydrogen-bond donors (Lipinski definition) is 1. The number of pyridine rings is 1. The van der Waals surface area contributed by atoms with Crippen LogP contribution in [0.3, 0.4) is 0 Å². The van der Waals surface area contributed by atoms with Crippen molar-refractivity contribution in [2.75, 3.05) is 0 Å². The van der Waals surface area contributed by atoms with Crippen molar-refractivity contribution in [3.8, 4) is 11.3 Å². The standard InChI is InChI=1S/C21H14Cl3N5/c22-13-4-7-15(8-5-13)27-21(26-12-25)20-19(16-11-14(23)6-9-17(16)24)28-18-3-1-2-10-29(18)20/h1-12H,(H2,25,26,27). The maximum absolute atomic E-state index is 6.46. The van der Waals surface area contributed by atoms with Gasteiger partial charge >= 0.3 is 0 Å². The topological polar surface area (TPSA) is 68.0 Å². The molecule has 0 aliphatic rings. The van der Waals surface area contributed by atoms with E-state index < -0.39 is 0 Å². The lowest BCUT2D eigenvalue weighted by Crippen LogP contribution is -2.06. The quantitative estimate of drug-likeness (QED) is 0.311. The fourth-order valence-electron chi connectivity index (χ4n) is 2.93. The van der Waals surface area contributed by atoms with Gasteiger partial charge in [-0.2, -0.15) is 0 Å². The summed E-state index contributed by atoms with van der Waals surface area (Å²) in [6.45, 7) is 0. The molecule has 4 rings (SSSR count). The summed E-state index contributed by atoms with van der Waals surface area (Å²) in [5.74, 6) is 0.375. The maximum atomic E-state index is 6.46. The number of halogens is 3. The molecule has 0 fully saturated rings. The van der Waals surface area contributed by atoms with Crippen LogP contribution in [0.5, 0.6) is 0 Å². The fraction of sp³-hybridized carbons (Fsp3) is 0. The summed E-state index contributed by atoms with van der Waals surface area (Å²) in [7, 11) is 0. The van der Waals surface area contributed by atoms with Crippen LogP contribution >= 0.6 is 34.8 Å². The van der Waals surface area contributed by atoms with Gasteiger partial charge < -0.3 is 5.73 Å². The van der Waals surface area contributed by atoms with E-state index >= 15 is 0 Å². The monoisotopic (exact) mass is 441 g/mol. The second-order valence-corrected chi connectivity index (χ2v) is 7.33. The normalized spacial score (nSPS) is 12.2. The summed E-state index contributed by atoms with van der Waals surface area (Å²) in [5.41, 5.74) is 8.93. The molecular weight excluding hydrogens is 429 g/mol. The third-order valence-electron chi connectivity index (χ3n) is 4.18. The molecule has 0 aliphatic heterocycles. The molecule has 2 heterocycles. The molecular formula is C21H14Cl3N5. The second kappa shape index (κ2) is 8.25. The number of aliphatic imine (C=N–C) groups is 2. The Bertz CT molecular complexity index is 1240. The minimum absolute atomic E-state index is 0.375. The van der Waals surface area contributed by atoms with Crippen LogP contribution in [0.4, 0.5) is 5.69 Å². The maximum Gasteiger partial charge on any atom is 0.180 e. The molecule has 0 bridgehead atoms. The third-order valence-corrected chi connectivity index (χ3v) is 5.00. The molecule has 2 aromatic heterocycles. The van der Waals surface area contributed by atoms with Gasteiger partial charge in [0, 0.05) is 21.8 Å². The Balaban J connectivity index is 2.02. The number of nitrogens with two attached hydrogens (primary N) is 1. The van der Waals surface area contributed by atoms with E-state index in [0.717, 1.165) is 0 Å². The molecule has 0 aliphatic carbocycles. The van der Waals surface area contributed by atoms with E-state index in [0.29, 0.717) is 49.2 Å². The molecule has 4 aromatic rings. The van der Waals surface area contributed by atoms with Gasteiger partial charge in [-0.05, 0) is 54.6 Å². The Hall–Kier alpha value is -2.86. The Kier molecular flexibility index (Phi) is 5.53. The van der Waals surface area contributed by atoms with Crippen molar-refractivity contribution in [1.29, 1.82) is 0 Å². The highest BCUT2D eigenvalue weighted by Gasteiger charge is 2.21. The van der Waals surface area contributed by atoms with Crippen molar-refractivity contribution < 1.29 is 0 Å². The Morgan fingerprint density at radius 1 is 0.966 bits per heavy atom. The molecule has 0 atom stereocenters. The lowest BCUT2D eigenvalue weighted by molar-refractivity contribution is 1.16. The number of aromatic nitrogens is 2. The van der Waals surface area contributed by atoms with E-state index in [1.165, 1.54) is 6.34 Å². The predicted octanol–water partition coefficient (Wildman–Crippen LogP) is 6.03. The van der Waals surface area contributed by atoms with E-state index in [2.05, 4.69) is 9.98 Å². The van der Waals surface area contributed by atoms with Gasteiger partial charge in [0.2, 0.25) is 0 Å². The first kappa shape index (κ1) is 19.5. The van der Waals surface area contributed by atoms with Crippen LogP contribution < -0.4 is 5.73 Å². The highest BCUT2D eigenvalue weighted by atomic mass is 35.5. The first-order valence-electron chi connectivity index (χ1n) is 8.58. The number of benzene rings is 2. The number of rotatable bonds is 3. The summed E-state index contributed by atoms with van der Waals surface area (Å²) in [6, 6.07) is 18.0. The molecule has 29 heavy (non-hydrogen) atoms. The zero-order valence-electron chi connectivity index (χ0n) is 14.9. The minimum atomic E-state index is 0.375. The smallest absolute Gasteiger partial charge is 0.180 e. The van der Waals surface area contributed by atoms with Gasteiger partial charge in [0.1, 0.15) is 17.0 Å². The van der Waals surface area contributed by atoms with E-state index in [9.17, 15) is 0 Å². The summed E-state index contributed by atoms with van der Waals surface area (Å²) in [4.78, 5) is 13.7. The SMILES string of the molecule is NC=NC(=Nc1ccc(Cl)cc1)c1c(-c2cc(Cl)ccc2Cl)nc2ccccn12. The Morgan fingerprint density at radius 3 is 2.48 bits per heavy atom. The van der Waals surface area contributed by atoms with Crippen molar-refractivity contribution in [1.82, 2.24) is 9.38 Å². The van der Waals surface area contributed by atoms with E-state index in [4.69, 9.17) is 45.5 Å². The predicted molar refractivity (Wildman–Crippen MR) is 121 cm³/mol. The molecule has 0 saturated heterocycles. The summed E-state index contributed by atoms with van der Waals surface area (Å²) < 4.78 is 1.88. The van der Waals surface area contributed by atoms with Crippen molar-refractivity contribution in [2.45, 2.75) is 0 Å². The summed E-state index contributed by atoms with van der Waals surface area (Å²) in [6.07, 6.45) is 3.07. The third kappa shape index (κ3) is 3.98. The minimum Gasteiger partial charge on any atom is -0.390 e. The summed E-state index contributed by atoms with van der Waals surface area (Å²) >= 11 is 18.7. The lowest BCUT2D eigenvalue weighted by atomic mass is 10.1. The van der Waals surface area contributed by atoms with Gasteiger partial charge in [-0.1, -0.05) is 40.9 Å². The number of hydrogen-bond acceptors (Lipinski definition) is 2. The van der Waals surface area contributed by atoms with Crippen molar-refractivity contribution in [3.05, 3.63) is 87.6 Å². The van der Waals surface area contributed by atoms with Gasteiger partial charge in [0.05, 0.1) is 17.0 Å². The van der Waals surface area contributed by atoms with Gasteiger partial charge in [0.25, 0.3) is 0 Å². The van der Waals surface area contributed by atoms with E-state index in [1.54, 1.807) is 42.5 Å². The van der Waals surface area contributed by atoms with Crippen LogP contribution in [0.15, 0.2) is 76.8 Å². The number of amidine groups is 1. The van der Waals surface area contributed by atoms with Gasteiger partial charge in [0.15, 0.2) is 5.84 Å². The van der Waals surface area contributed by atoms with Crippen molar-refractivity contribution in [3.63, 3.8) is 0 Å². The van der Waals surface area contributed by atoms with Gasteiger partial charge in [-0.3, -0.25) is 4.40 Å². The largest absolute Gasteiger partial charge is 0.390 e. The molecule has 2 aromatic carbocycles. The average molecular weight is 443 g/mol. The molecule has 0 saturated carbocycles. The molecule has 8 heteroatoms. The van der Waals surface area contributed by atoms with Crippen LogP contribution in [0, 0.1) is 0 Å². The fourth-order valence-corrected chi connectivity index (χ4v) is 3.43. The molecule has 2 N–H and O–H groups in total. The van der Waals surface area contributed by atoms with E-state index in [-0.39, 0.29) is 0 Å². The first-order chi connectivity index (χ1) is 14.1. The lowest BCUT2D eigenvalue weighted by Gasteiger charge is -2.07. The van der Waals surface area contributed by atoms with Crippen LogP contribution in [0.1, 0.15) is 5.69 Å². The number of fused-ring (bicyclic) bond motifs is 1. The van der Waals surface area contributed by atoms with Crippen LogP contribution in [-0.4, -0.2) is 21.6 Å². The first-order valence-corrected chi connectivity index (χ1v) is 9.71. The van der Waals surface area contributed by atoms with Crippen LogP contribution in [0.2, 0.25) is 15.1 Å². The van der Waals surface area contributed by atoms with Gasteiger partial charge in [-0.15, -0.1) is 0 Å². The van der Waals surface area contributed by atoms with E-state index in [1.807, 2.05) is 28.8 Å². The van der Waals surface area contributed by atoms with Crippen molar-refractivity contribution in [2.24, 2.45) is 15.7 Å². The highest BCUT2D eigenvalue weighted by Crippen LogP contribution is 2.34. The van der Waals surface area contributed by atoms with Crippen molar-refractivity contribution >= 4 is 58.3 Å². The molecule has 0 amide bonds. The van der Waals surface area contributed by atoms with Crippen LogP contribution in [-0.2, 0) is 0 Å². The highest BCUT2D eigenvalue weighted by molar-refractivity contribution is 6.35. The number of imidazole rings is 1. The number of nitrogens with zero attached hydrogens (tertiary/aromatic N) is 4. The van der Waals surface area contributed by atoms with Gasteiger partial charge in [-0.25, -0.2) is 15.0 Å². The zero-order chi connectivity index (χ0) is 20.4. The second-order valence-electron chi connectivity index (χ2n) is 6.05. The molecule has 144 valence electrons. The zero-order valence-corrected chi connectivity index (χ0v) is 17.2. The Morgan fingerprint density at radius 2 is 1.72 bits per heavy atom. The molecule has 0 radical (unpaired) electrons. The Labute approximate surface area is 182 Å². The molecule has 5 nitrogen and oxygen atoms in total.